The molecule has 1 aliphatic heterocycles. The minimum Gasteiger partial charge on any atom is -0.462 e. The lowest BCUT2D eigenvalue weighted by Crippen LogP contribution is -2.39. The Bertz CT molecular complexity index is 822. The van der Waals surface area contributed by atoms with Gasteiger partial charge < -0.3 is 15.0 Å². The van der Waals surface area contributed by atoms with Crippen molar-refractivity contribution in [2.45, 2.75) is 26.7 Å². The minimum absolute atomic E-state index is 0.0520. The summed E-state index contributed by atoms with van der Waals surface area (Å²) in [6.45, 7) is 5.79. The van der Waals surface area contributed by atoms with E-state index in [0.717, 1.165) is 25.9 Å². The Labute approximate surface area is 159 Å². The third-order valence-electron chi connectivity index (χ3n) is 4.62. The number of likely N-dealkylation sites (tertiary alicyclic amines) is 1. The van der Waals surface area contributed by atoms with Crippen LogP contribution in [0.3, 0.4) is 0 Å². The molecule has 6 nitrogen and oxygen atoms in total. The van der Waals surface area contributed by atoms with E-state index < -0.39 is 0 Å². The van der Waals surface area contributed by atoms with Crippen LogP contribution in [-0.2, 0) is 4.74 Å². The number of rotatable bonds is 5. The van der Waals surface area contributed by atoms with Crippen molar-refractivity contribution in [3.05, 3.63) is 53.9 Å². The normalized spacial score (nSPS) is 16.7. The van der Waals surface area contributed by atoms with Crippen molar-refractivity contribution < 1.29 is 14.3 Å². The van der Waals surface area contributed by atoms with Crippen LogP contribution in [0, 0.1) is 5.92 Å². The molecule has 2 heterocycles. The molecule has 0 saturated carbocycles. The molecular weight excluding hydrogens is 342 g/mol. The van der Waals surface area contributed by atoms with Gasteiger partial charge in [0, 0.05) is 25.0 Å². The molecule has 1 N–H and O–H groups in total. The number of hydrogen-bond donors (Lipinski definition) is 1. The number of pyridine rings is 1. The van der Waals surface area contributed by atoms with Crippen molar-refractivity contribution in [1.82, 2.24) is 9.88 Å². The van der Waals surface area contributed by atoms with Gasteiger partial charge in [0.25, 0.3) is 5.91 Å². The lowest BCUT2D eigenvalue weighted by atomic mass is 10.00. The monoisotopic (exact) mass is 367 g/mol. The molecule has 1 aliphatic rings. The summed E-state index contributed by atoms with van der Waals surface area (Å²) in [6, 6.07) is 10.6. The maximum Gasteiger partial charge on any atom is 0.340 e. The molecule has 1 aromatic heterocycles. The van der Waals surface area contributed by atoms with Crippen LogP contribution in [0.1, 0.15) is 47.5 Å². The molecule has 0 radical (unpaired) electrons. The number of esters is 1. The lowest BCUT2D eigenvalue weighted by molar-refractivity contribution is 0.0527. The molecule has 6 heteroatoms. The number of anilines is 2. The molecule has 0 aliphatic carbocycles. The van der Waals surface area contributed by atoms with Gasteiger partial charge in [-0.15, -0.1) is 0 Å². The molecule has 2 aromatic rings. The van der Waals surface area contributed by atoms with Gasteiger partial charge in [-0.25, -0.2) is 4.79 Å². The highest BCUT2D eigenvalue weighted by molar-refractivity contribution is 5.97. The summed E-state index contributed by atoms with van der Waals surface area (Å²) in [6.07, 6.45) is 3.79. The van der Waals surface area contributed by atoms with Crippen molar-refractivity contribution in [1.29, 1.82) is 0 Å². The van der Waals surface area contributed by atoms with Gasteiger partial charge in [-0.05, 0) is 49.9 Å². The van der Waals surface area contributed by atoms with Crippen LogP contribution < -0.4 is 5.32 Å². The molecule has 1 amide bonds. The largest absolute Gasteiger partial charge is 0.462 e. The number of carbonyl (C=O) groups is 2. The zero-order valence-electron chi connectivity index (χ0n) is 15.8. The number of aromatic nitrogens is 1. The summed E-state index contributed by atoms with van der Waals surface area (Å²) < 4.78 is 5.11. The number of nitrogens with one attached hydrogen (secondary N) is 1. The average Bonchev–Trinajstić information content (AvgIpc) is 2.68. The fourth-order valence-electron chi connectivity index (χ4n) is 3.30. The maximum absolute atomic E-state index is 12.8. The summed E-state index contributed by atoms with van der Waals surface area (Å²) >= 11 is 0. The Hall–Kier alpha value is -2.89. The van der Waals surface area contributed by atoms with Gasteiger partial charge in [-0.1, -0.05) is 19.1 Å². The van der Waals surface area contributed by atoms with Gasteiger partial charge in [0.2, 0.25) is 0 Å². The number of ether oxygens (including phenoxy) is 1. The second kappa shape index (κ2) is 8.66. The van der Waals surface area contributed by atoms with E-state index in [1.54, 1.807) is 43.5 Å². The zero-order valence-corrected chi connectivity index (χ0v) is 15.8. The molecule has 1 saturated heterocycles. The Morgan fingerprint density at radius 3 is 2.89 bits per heavy atom. The quantitative estimate of drug-likeness (QED) is 0.812. The van der Waals surface area contributed by atoms with E-state index in [2.05, 4.69) is 17.2 Å². The van der Waals surface area contributed by atoms with Crippen LogP contribution in [-0.4, -0.2) is 41.5 Å². The number of benzene rings is 1. The predicted molar refractivity (Wildman–Crippen MR) is 104 cm³/mol. The van der Waals surface area contributed by atoms with E-state index in [-0.39, 0.29) is 11.9 Å². The molecule has 1 unspecified atom stereocenters. The predicted octanol–water partition coefficient (Wildman–Crippen LogP) is 3.87. The minimum atomic E-state index is -0.381. The smallest absolute Gasteiger partial charge is 0.340 e. The number of carbonyl (C=O) groups excluding carboxylic acids is 2. The number of para-hydroxylation sites is 1. The lowest BCUT2D eigenvalue weighted by Gasteiger charge is -2.30. The van der Waals surface area contributed by atoms with E-state index in [1.165, 1.54) is 0 Å². The molecule has 3 rings (SSSR count). The molecular formula is C21H25N3O3. The number of piperidine rings is 1. The van der Waals surface area contributed by atoms with Crippen molar-refractivity contribution >= 4 is 23.3 Å². The Kier molecular flexibility index (Phi) is 6.06. The topological polar surface area (TPSA) is 71.5 Å². The first-order valence-electron chi connectivity index (χ1n) is 9.37. The first kappa shape index (κ1) is 18.9. The summed E-state index contributed by atoms with van der Waals surface area (Å²) in [4.78, 5) is 31.0. The fraction of sp³-hybridized carbons (Fsp3) is 0.381. The van der Waals surface area contributed by atoms with Gasteiger partial charge in [-0.2, -0.15) is 0 Å². The summed E-state index contributed by atoms with van der Waals surface area (Å²) in [5.41, 5.74) is 2.19. The average molecular weight is 367 g/mol. The van der Waals surface area contributed by atoms with Crippen LogP contribution in [0.2, 0.25) is 0 Å². The third-order valence-corrected chi connectivity index (χ3v) is 4.62. The van der Waals surface area contributed by atoms with Crippen LogP contribution >= 0.6 is 0 Å². The number of amides is 1. The van der Waals surface area contributed by atoms with Crippen molar-refractivity contribution in [2.75, 3.05) is 25.0 Å². The summed E-state index contributed by atoms with van der Waals surface area (Å²) in [7, 11) is 0. The van der Waals surface area contributed by atoms with Gasteiger partial charge >= 0.3 is 5.97 Å². The third kappa shape index (κ3) is 4.64. The maximum atomic E-state index is 12.8. The van der Waals surface area contributed by atoms with E-state index in [0.29, 0.717) is 35.2 Å². The number of nitrogens with zero attached hydrogens (tertiary/aromatic N) is 2. The van der Waals surface area contributed by atoms with Crippen molar-refractivity contribution in [3.63, 3.8) is 0 Å². The SMILES string of the molecule is CCOC(=O)c1ccccc1Nc1ccnc(C(=O)N2CCCC(C)C2)c1. The molecule has 0 bridgehead atoms. The van der Waals surface area contributed by atoms with Crippen LogP contribution in [0.15, 0.2) is 42.6 Å². The first-order valence-corrected chi connectivity index (χ1v) is 9.37. The number of hydrogen-bond acceptors (Lipinski definition) is 5. The highest BCUT2D eigenvalue weighted by Gasteiger charge is 2.23. The molecule has 1 atom stereocenters. The van der Waals surface area contributed by atoms with Crippen molar-refractivity contribution in [2.24, 2.45) is 5.92 Å². The standard InChI is InChI=1S/C21H25N3O3/c1-3-27-21(26)17-8-4-5-9-18(17)23-16-10-11-22-19(13-16)20(25)24-12-6-7-15(2)14-24/h4-5,8-11,13,15H,3,6-7,12,14H2,1-2H3,(H,22,23). The molecule has 1 fully saturated rings. The fourth-order valence-corrected chi connectivity index (χ4v) is 3.30. The van der Waals surface area contributed by atoms with Crippen molar-refractivity contribution in [3.8, 4) is 0 Å². The van der Waals surface area contributed by atoms with Gasteiger partial charge in [0.1, 0.15) is 5.69 Å². The molecule has 0 spiro atoms. The van der Waals surface area contributed by atoms with Gasteiger partial charge in [-0.3, -0.25) is 9.78 Å². The Balaban J connectivity index is 1.79. The summed E-state index contributed by atoms with van der Waals surface area (Å²) in [5.74, 6) is 0.0811. The molecule has 1 aromatic carbocycles. The highest BCUT2D eigenvalue weighted by atomic mass is 16.5. The van der Waals surface area contributed by atoms with Crippen LogP contribution in [0.4, 0.5) is 11.4 Å². The van der Waals surface area contributed by atoms with E-state index in [1.807, 2.05) is 11.0 Å². The highest BCUT2D eigenvalue weighted by Crippen LogP contribution is 2.23. The first-order chi connectivity index (χ1) is 13.1. The van der Waals surface area contributed by atoms with E-state index >= 15 is 0 Å². The zero-order chi connectivity index (χ0) is 19.2. The molecule has 142 valence electrons. The van der Waals surface area contributed by atoms with E-state index in [9.17, 15) is 9.59 Å². The van der Waals surface area contributed by atoms with Gasteiger partial charge in [0.05, 0.1) is 17.9 Å². The van der Waals surface area contributed by atoms with Crippen LogP contribution in [0.5, 0.6) is 0 Å². The van der Waals surface area contributed by atoms with Gasteiger partial charge in [0.15, 0.2) is 0 Å². The molecule has 27 heavy (non-hydrogen) atoms. The second-order valence-electron chi connectivity index (χ2n) is 6.82. The van der Waals surface area contributed by atoms with Crippen LogP contribution in [0.25, 0.3) is 0 Å². The van der Waals surface area contributed by atoms with E-state index in [4.69, 9.17) is 4.74 Å². The second-order valence-corrected chi connectivity index (χ2v) is 6.82. The summed E-state index contributed by atoms with van der Waals surface area (Å²) in [5, 5.41) is 3.21. The Morgan fingerprint density at radius 2 is 2.11 bits per heavy atom. The Morgan fingerprint density at radius 1 is 1.30 bits per heavy atom.